The third kappa shape index (κ3) is 12.2. The third-order valence-electron chi connectivity index (χ3n) is 2.52. The Labute approximate surface area is 168 Å². The van der Waals surface area contributed by atoms with Gasteiger partial charge in [-0.3, -0.25) is 0 Å². The van der Waals surface area contributed by atoms with Crippen LogP contribution in [0.2, 0.25) is 0 Å². The number of carbonyl (C=O) groups is 2. The summed E-state index contributed by atoms with van der Waals surface area (Å²) in [5.41, 5.74) is 1.65. The molecule has 8 N–H and O–H groups in total. The molecule has 2 rings (SSSR count). The molecule has 0 aliphatic heterocycles. The van der Waals surface area contributed by atoms with Gasteiger partial charge in [0.1, 0.15) is 0 Å². The van der Waals surface area contributed by atoms with Crippen LogP contribution in [0.25, 0.3) is 12.2 Å². The molecule has 0 radical (unpaired) electrons. The van der Waals surface area contributed by atoms with Crippen LogP contribution in [0.3, 0.4) is 0 Å². The number of aliphatic carboxylic acids is 2. The molecule has 2 aromatic rings. The third-order valence-corrected chi connectivity index (χ3v) is 3.51. The first-order valence-corrected chi connectivity index (χ1v) is 8.24. The van der Waals surface area contributed by atoms with Crippen LogP contribution in [0.4, 0.5) is 0 Å². The summed E-state index contributed by atoms with van der Waals surface area (Å²) in [4.78, 5) is 20.1. The zero-order chi connectivity index (χ0) is 17.9. The first kappa shape index (κ1) is 26.0. The smallest absolute Gasteiger partial charge is 0.0643 e. The second-order valence-electron chi connectivity index (χ2n) is 4.41. The quantitative estimate of drug-likeness (QED) is 0.635. The summed E-state index contributed by atoms with van der Waals surface area (Å²) < 4.78 is 1.84. The van der Waals surface area contributed by atoms with Crippen molar-refractivity contribution in [2.45, 2.75) is 0 Å². The Morgan fingerprint density at radius 3 is 1.35 bits per heavy atom. The van der Waals surface area contributed by atoms with Crippen LogP contribution in [-0.4, -0.2) is 11.9 Å². The molecule has 140 valence electrons. The van der Waals surface area contributed by atoms with Crippen LogP contribution in [0.5, 0.6) is 0 Å². The van der Waals surface area contributed by atoms with E-state index in [9.17, 15) is 19.8 Å². The number of benzene rings is 2. The minimum atomic E-state index is -1.19. The highest BCUT2D eigenvalue weighted by Crippen LogP contribution is 2.13. The Morgan fingerprint density at radius 1 is 0.731 bits per heavy atom. The van der Waals surface area contributed by atoms with Gasteiger partial charge in [-0.1, -0.05) is 68.3 Å². The Balaban J connectivity index is 0. The van der Waals surface area contributed by atoms with Crippen LogP contribution in [0.1, 0.15) is 11.1 Å². The molecular weight excluding hydrogens is 468 g/mol. The highest BCUT2D eigenvalue weighted by Gasteiger charge is 1.88. The van der Waals surface area contributed by atoms with Crippen molar-refractivity contribution in [1.82, 2.24) is 12.3 Å². The fraction of sp³-hybridized carbons (Fsp3) is 0. The van der Waals surface area contributed by atoms with E-state index in [1.54, 1.807) is 0 Å². The predicted octanol–water partition coefficient (Wildman–Crippen LogP) is 3.18. The van der Waals surface area contributed by atoms with Crippen molar-refractivity contribution in [3.8, 4) is 0 Å². The monoisotopic (exact) mass is 486 g/mol. The first-order chi connectivity index (χ1) is 11.4. The lowest BCUT2D eigenvalue weighted by molar-refractivity contribution is -0.298. The van der Waals surface area contributed by atoms with Crippen molar-refractivity contribution in [3.05, 3.63) is 80.8 Å². The van der Waals surface area contributed by atoms with Crippen LogP contribution in [0, 0.1) is 0 Å². The summed E-state index contributed by atoms with van der Waals surface area (Å²) in [5, 5.41) is 20.1. The number of quaternary nitrogens is 2. The van der Waals surface area contributed by atoms with E-state index in [0.29, 0.717) is 0 Å². The Morgan fingerprint density at radius 2 is 1.08 bits per heavy atom. The lowest BCUT2D eigenvalue weighted by Gasteiger charge is -1.94. The van der Waals surface area contributed by atoms with Gasteiger partial charge in [0.05, 0.1) is 11.9 Å². The first-order valence-electron chi connectivity index (χ1n) is 6.66. The zero-order valence-corrected chi connectivity index (χ0v) is 17.5. The molecule has 0 spiro atoms. The van der Waals surface area contributed by atoms with E-state index in [1.807, 2.05) is 48.5 Å². The molecule has 0 unspecified atom stereocenters. The Bertz CT molecular complexity index is 712. The largest absolute Gasteiger partial charge is 0.545 e. The molecule has 0 amide bonds. The molecule has 0 heterocycles. The Kier molecular flexibility index (Phi) is 14.0. The minimum Gasteiger partial charge on any atom is -0.545 e. The lowest BCUT2D eigenvalue weighted by Crippen LogP contribution is -2.18. The van der Waals surface area contributed by atoms with Gasteiger partial charge in [-0.15, -0.1) is 0 Å². The number of hydrogen-bond acceptors (Lipinski definition) is 4. The van der Waals surface area contributed by atoms with E-state index in [1.165, 1.54) is 12.2 Å². The fourth-order valence-electron chi connectivity index (χ4n) is 1.55. The minimum absolute atomic E-state index is 0. The summed E-state index contributed by atoms with van der Waals surface area (Å²) in [6.45, 7) is 0. The molecule has 0 atom stereocenters. The molecule has 0 aliphatic carbocycles. The molecule has 0 saturated carbocycles. The van der Waals surface area contributed by atoms with Gasteiger partial charge >= 0.3 is 0 Å². The average molecular weight is 488 g/mol. The van der Waals surface area contributed by atoms with Crippen LogP contribution >= 0.6 is 31.9 Å². The van der Waals surface area contributed by atoms with Gasteiger partial charge in [0, 0.05) is 8.95 Å². The molecule has 0 fully saturated rings. The summed E-state index contributed by atoms with van der Waals surface area (Å²) in [6, 6.07) is 14.7. The number of carboxylic acids is 2. The van der Waals surface area contributed by atoms with E-state index >= 15 is 0 Å². The zero-order valence-electron chi connectivity index (χ0n) is 14.3. The predicted molar refractivity (Wildman–Crippen MR) is 108 cm³/mol. The van der Waals surface area contributed by atoms with E-state index < -0.39 is 11.9 Å². The van der Waals surface area contributed by atoms with Gasteiger partial charge in [-0.2, -0.15) is 0 Å². The number of hydrogen-bond donors (Lipinski definition) is 2. The maximum Gasteiger partial charge on any atom is 0.0643 e. The fourth-order valence-corrected chi connectivity index (χ4v) is 2.38. The molecule has 2 aromatic carbocycles. The van der Waals surface area contributed by atoms with Gasteiger partial charge in [0.15, 0.2) is 0 Å². The molecule has 0 saturated heterocycles. The molecule has 0 bridgehead atoms. The maximum atomic E-state index is 10.0. The maximum absolute atomic E-state index is 10.0. The number of carbonyl (C=O) groups excluding carboxylic acids is 2. The van der Waals surface area contributed by atoms with E-state index in [-0.39, 0.29) is 12.3 Å². The summed E-state index contributed by atoms with van der Waals surface area (Å²) in [6.07, 6.45) is 4.98. The number of halogens is 2. The lowest BCUT2D eigenvalue weighted by atomic mass is 10.2. The van der Waals surface area contributed by atoms with Gasteiger partial charge in [-0.25, -0.2) is 0 Å². The summed E-state index contributed by atoms with van der Waals surface area (Å²) in [5.74, 6) is -2.37. The molecule has 8 heteroatoms. The standard InChI is InChI=1S/2C9H7BrO2.2H3N/c2*10-8-3-1-2-7(6-8)4-5-9(11)12;;/h2*1-6H,(H,11,12);2*1H3/b2*5-4+;;. The van der Waals surface area contributed by atoms with Crippen molar-refractivity contribution >= 4 is 56.0 Å². The van der Waals surface area contributed by atoms with Crippen LogP contribution in [0.15, 0.2) is 69.6 Å². The SMILES string of the molecule is O=C([O-])/C=C/c1cccc(Br)c1.O=C([O-])/C=C/c1cccc(Br)c1.[NH4+].[NH4+]. The number of rotatable bonds is 4. The normalized spacial score (nSPS) is 9.62. The highest BCUT2D eigenvalue weighted by atomic mass is 79.9. The van der Waals surface area contributed by atoms with E-state index in [4.69, 9.17) is 0 Å². The van der Waals surface area contributed by atoms with Crippen molar-refractivity contribution in [2.75, 3.05) is 0 Å². The van der Waals surface area contributed by atoms with Crippen LogP contribution < -0.4 is 22.5 Å². The van der Waals surface area contributed by atoms with E-state index in [0.717, 1.165) is 32.2 Å². The second-order valence-corrected chi connectivity index (χ2v) is 6.25. The van der Waals surface area contributed by atoms with Crippen molar-refractivity contribution < 1.29 is 19.8 Å². The topological polar surface area (TPSA) is 153 Å². The molecule has 6 nitrogen and oxygen atoms in total. The second kappa shape index (κ2) is 14.0. The molecular formula is C18H20Br2N2O4. The Hall–Kier alpha value is -2.26. The van der Waals surface area contributed by atoms with Gasteiger partial charge in [-0.05, 0) is 47.5 Å². The molecule has 26 heavy (non-hydrogen) atoms. The number of carboxylic acid groups (broad SMARTS) is 2. The summed E-state index contributed by atoms with van der Waals surface area (Å²) >= 11 is 6.54. The van der Waals surface area contributed by atoms with Gasteiger partial charge in [0.25, 0.3) is 0 Å². The average Bonchev–Trinajstić information content (AvgIpc) is 2.52. The van der Waals surface area contributed by atoms with Crippen molar-refractivity contribution in [2.24, 2.45) is 0 Å². The van der Waals surface area contributed by atoms with Crippen LogP contribution in [-0.2, 0) is 9.59 Å². The van der Waals surface area contributed by atoms with Gasteiger partial charge in [0.2, 0.25) is 0 Å². The molecule has 0 aromatic heterocycles. The van der Waals surface area contributed by atoms with E-state index in [2.05, 4.69) is 31.9 Å². The van der Waals surface area contributed by atoms with Gasteiger partial charge < -0.3 is 32.1 Å². The highest BCUT2D eigenvalue weighted by molar-refractivity contribution is 9.10. The van der Waals surface area contributed by atoms with Crippen molar-refractivity contribution in [3.63, 3.8) is 0 Å². The summed E-state index contributed by atoms with van der Waals surface area (Å²) in [7, 11) is 0. The molecule has 0 aliphatic rings. The van der Waals surface area contributed by atoms with Crippen molar-refractivity contribution in [1.29, 1.82) is 0 Å².